The summed E-state index contributed by atoms with van der Waals surface area (Å²) in [6, 6.07) is 8.25. The van der Waals surface area contributed by atoms with Crippen molar-refractivity contribution in [1.82, 2.24) is 0 Å². The number of hydrogen-bond donors (Lipinski definition) is 0. The van der Waals surface area contributed by atoms with Crippen LogP contribution in [0.2, 0.25) is 0 Å². The van der Waals surface area contributed by atoms with Gasteiger partial charge in [0, 0.05) is 5.56 Å². The van der Waals surface area contributed by atoms with Crippen LogP contribution in [0.25, 0.3) is 0 Å². The van der Waals surface area contributed by atoms with Crippen molar-refractivity contribution in [3.63, 3.8) is 0 Å². The summed E-state index contributed by atoms with van der Waals surface area (Å²) in [6.07, 6.45) is 1.74. The van der Waals surface area contributed by atoms with Gasteiger partial charge in [-0.25, -0.2) is 4.79 Å². The molecule has 0 N–H and O–H groups in total. The van der Waals surface area contributed by atoms with E-state index in [1.807, 2.05) is 19.1 Å². The fourth-order valence-corrected chi connectivity index (χ4v) is 2.68. The Kier molecular flexibility index (Phi) is 2.19. The van der Waals surface area contributed by atoms with Crippen LogP contribution in [0.5, 0.6) is 0 Å². The summed E-state index contributed by atoms with van der Waals surface area (Å²) in [5, 5.41) is 0. The van der Waals surface area contributed by atoms with Gasteiger partial charge in [0.15, 0.2) is 11.1 Å². The maximum Gasteiger partial charge on any atom is 0.334 e. The van der Waals surface area contributed by atoms with E-state index in [9.17, 15) is 4.79 Å². The lowest BCUT2D eigenvalue weighted by molar-refractivity contribution is -0.160. The second-order valence-corrected chi connectivity index (χ2v) is 5.80. The Morgan fingerprint density at radius 3 is 2.72 bits per heavy atom. The number of rotatable bonds is 0. The summed E-state index contributed by atoms with van der Waals surface area (Å²) in [7, 11) is 0. The predicted molar refractivity (Wildman–Crippen MR) is 69.9 cm³/mol. The van der Waals surface area contributed by atoms with E-state index in [1.165, 1.54) is 5.56 Å². The van der Waals surface area contributed by atoms with Crippen molar-refractivity contribution in [3.05, 3.63) is 35.4 Å². The molecular weight excluding hydrogens is 226 g/mol. The van der Waals surface area contributed by atoms with Gasteiger partial charge >= 0.3 is 5.97 Å². The number of ether oxygens (including phenoxy) is 1. The van der Waals surface area contributed by atoms with E-state index in [2.05, 4.69) is 17.1 Å². The Balaban J connectivity index is 2.22. The van der Waals surface area contributed by atoms with Crippen molar-refractivity contribution in [2.24, 2.45) is 4.99 Å². The first-order valence-corrected chi connectivity index (χ1v) is 6.34. The van der Waals surface area contributed by atoms with Crippen molar-refractivity contribution in [2.75, 3.05) is 0 Å². The number of aliphatic imine (C=N–C) groups is 1. The van der Waals surface area contributed by atoms with Crippen LogP contribution in [-0.4, -0.2) is 22.8 Å². The number of aryl methyl sites for hydroxylation is 1. The molecule has 0 saturated carbocycles. The van der Waals surface area contributed by atoms with Crippen LogP contribution in [0.15, 0.2) is 29.3 Å². The highest BCUT2D eigenvalue weighted by atomic mass is 16.6. The second kappa shape index (κ2) is 3.44. The highest BCUT2D eigenvalue weighted by Gasteiger charge is 2.47. The third kappa shape index (κ3) is 1.50. The van der Waals surface area contributed by atoms with E-state index >= 15 is 0 Å². The zero-order valence-corrected chi connectivity index (χ0v) is 11.0. The number of carbonyl (C=O) groups is 1. The van der Waals surface area contributed by atoms with Crippen LogP contribution in [0.4, 0.5) is 0 Å². The van der Waals surface area contributed by atoms with Crippen molar-refractivity contribution in [3.8, 4) is 0 Å². The van der Waals surface area contributed by atoms with Gasteiger partial charge in [-0.2, -0.15) is 0 Å². The van der Waals surface area contributed by atoms with E-state index < -0.39 is 11.1 Å². The van der Waals surface area contributed by atoms with Gasteiger partial charge in [-0.15, -0.1) is 0 Å². The largest absolute Gasteiger partial charge is 0.451 e. The molecule has 3 rings (SSSR count). The van der Waals surface area contributed by atoms with Crippen LogP contribution in [-0.2, 0) is 16.0 Å². The average molecular weight is 243 g/mol. The molecule has 18 heavy (non-hydrogen) atoms. The zero-order chi connectivity index (χ0) is 13.0. The average Bonchev–Trinajstić information content (AvgIpc) is 2.32. The number of esters is 1. The van der Waals surface area contributed by atoms with Crippen LogP contribution in [0.3, 0.4) is 0 Å². The van der Waals surface area contributed by atoms with Gasteiger partial charge in [-0.3, -0.25) is 4.99 Å². The zero-order valence-electron chi connectivity index (χ0n) is 11.0. The molecule has 0 saturated heterocycles. The van der Waals surface area contributed by atoms with Gasteiger partial charge in [0.2, 0.25) is 0 Å². The summed E-state index contributed by atoms with van der Waals surface area (Å²) in [6.45, 7) is 5.58. The van der Waals surface area contributed by atoms with Gasteiger partial charge < -0.3 is 4.74 Å². The molecule has 0 unspecified atom stereocenters. The summed E-state index contributed by atoms with van der Waals surface area (Å²) in [5.41, 5.74) is 2.02. The molecule has 1 atom stereocenters. The number of fused-ring (bicyclic) bond motifs is 3. The molecule has 0 bridgehead atoms. The lowest BCUT2D eigenvalue weighted by atomic mass is 9.78. The second-order valence-electron chi connectivity index (χ2n) is 5.80. The Hall–Kier alpha value is -1.64. The van der Waals surface area contributed by atoms with Crippen LogP contribution in [0.1, 0.15) is 38.3 Å². The fraction of sp³-hybridized carbons (Fsp3) is 0.467. The van der Waals surface area contributed by atoms with Crippen molar-refractivity contribution in [1.29, 1.82) is 0 Å². The third-order valence-electron chi connectivity index (χ3n) is 3.85. The van der Waals surface area contributed by atoms with Gasteiger partial charge in [-0.1, -0.05) is 24.3 Å². The van der Waals surface area contributed by atoms with Crippen LogP contribution in [0, 0.1) is 0 Å². The predicted octanol–water partition coefficient (Wildman–Crippen LogP) is 2.52. The molecule has 0 amide bonds. The van der Waals surface area contributed by atoms with E-state index in [1.54, 1.807) is 13.8 Å². The molecule has 2 aliphatic rings. The highest BCUT2D eigenvalue weighted by Crippen LogP contribution is 2.37. The molecular formula is C15H17NO2. The molecule has 0 radical (unpaired) electrons. The minimum Gasteiger partial charge on any atom is -0.451 e. The molecule has 3 nitrogen and oxygen atoms in total. The first kappa shape index (κ1) is 11.5. The maximum atomic E-state index is 12.0. The number of benzene rings is 1. The lowest BCUT2D eigenvalue weighted by Gasteiger charge is -2.42. The van der Waals surface area contributed by atoms with E-state index in [0.717, 1.165) is 24.1 Å². The monoisotopic (exact) mass is 243 g/mol. The topological polar surface area (TPSA) is 38.7 Å². The van der Waals surface area contributed by atoms with Gasteiger partial charge in [0.25, 0.3) is 0 Å². The quantitative estimate of drug-likeness (QED) is 0.657. The number of hydrogen-bond acceptors (Lipinski definition) is 3. The Bertz CT molecular complexity index is 559. The fourth-order valence-electron chi connectivity index (χ4n) is 2.68. The Morgan fingerprint density at radius 2 is 1.94 bits per heavy atom. The third-order valence-corrected chi connectivity index (χ3v) is 3.85. The minimum atomic E-state index is -0.778. The SMILES string of the molecule is CC1(C)N=C2c3ccccc3CC[C@@]2(C)OC1=O. The summed E-state index contributed by atoms with van der Waals surface area (Å²) in [5.74, 6) is -0.229. The maximum absolute atomic E-state index is 12.0. The minimum absolute atomic E-state index is 0.229. The number of carbonyl (C=O) groups excluding carboxylic acids is 1. The molecule has 1 aromatic rings. The molecule has 0 fully saturated rings. The van der Waals surface area contributed by atoms with Crippen molar-refractivity contribution < 1.29 is 9.53 Å². The first-order valence-electron chi connectivity index (χ1n) is 6.34. The molecule has 1 aliphatic carbocycles. The lowest BCUT2D eigenvalue weighted by Crippen LogP contribution is -2.53. The summed E-state index contributed by atoms with van der Waals surface area (Å²) < 4.78 is 5.68. The van der Waals surface area contributed by atoms with Crippen molar-refractivity contribution >= 4 is 11.7 Å². The number of nitrogens with zero attached hydrogens (tertiary/aromatic N) is 1. The molecule has 1 aromatic carbocycles. The smallest absolute Gasteiger partial charge is 0.334 e. The highest BCUT2D eigenvalue weighted by molar-refractivity contribution is 6.12. The van der Waals surface area contributed by atoms with Crippen LogP contribution < -0.4 is 0 Å². The normalized spacial score (nSPS) is 28.8. The van der Waals surface area contributed by atoms with Gasteiger partial charge in [-0.05, 0) is 39.2 Å². The molecule has 3 heteroatoms. The molecule has 0 spiro atoms. The van der Waals surface area contributed by atoms with Crippen molar-refractivity contribution in [2.45, 2.75) is 44.8 Å². The first-order chi connectivity index (χ1) is 8.42. The Labute approximate surface area is 107 Å². The van der Waals surface area contributed by atoms with E-state index in [-0.39, 0.29) is 5.97 Å². The van der Waals surface area contributed by atoms with Crippen LogP contribution >= 0.6 is 0 Å². The molecule has 94 valence electrons. The van der Waals surface area contributed by atoms with Gasteiger partial charge in [0.05, 0.1) is 5.71 Å². The summed E-state index contributed by atoms with van der Waals surface area (Å²) >= 11 is 0. The van der Waals surface area contributed by atoms with E-state index in [0.29, 0.717) is 0 Å². The molecule has 0 aromatic heterocycles. The van der Waals surface area contributed by atoms with Gasteiger partial charge in [0.1, 0.15) is 0 Å². The summed E-state index contributed by atoms with van der Waals surface area (Å²) in [4.78, 5) is 16.6. The van der Waals surface area contributed by atoms with E-state index in [4.69, 9.17) is 4.74 Å². The molecule has 1 heterocycles. The standard InChI is InChI=1S/C15H17NO2/c1-14(2)13(17)18-15(3)9-8-10-6-4-5-7-11(10)12(15)16-14/h4-7H,8-9H2,1-3H3/t15-/m1/s1. The molecule has 1 aliphatic heterocycles. The Morgan fingerprint density at radius 1 is 1.22 bits per heavy atom.